The van der Waals surface area contributed by atoms with Crippen molar-refractivity contribution in [2.45, 2.75) is 18.4 Å². The van der Waals surface area contributed by atoms with Crippen LogP contribution in [0.2, 0.25) is 0 Å². The fourth-order valence-electron chi connectivity index (χ4n) is 3.05. The summed E-state index contributed by atoms with van der Waals surface area (Å²) in [6.45, 7) is 6.05. The Bertz CT molecular complexity index is 644. The standard InChI is InChI=1S/C16H24BrN5O3S/c17-15-19-12(11-26-15)13(24)20-16(1-2-16)14(25)18-3-4-21-5-7-22(8-6-21)9-10-23/h11,23H,1-10H2,(H,18,25)(H,20,24). The maximum atomic E-state index is 12.5. The Morgan fingerprint density at radius 2 is 1.88 bits per heavy atom. The number of carbonyl (C=O) groups is 2. The molecule has 2 aliphatic rings. The third kappa shape index (κ3) is 5.01. The lowest BCUT2D eigenvalue weighted by atomic mass is 10.2. The molecule has 0 unspecified atom stereocenters. The number of halogens is 1. The predicted molar refractivity (Wildman–Crippen MR) is 102 cm³/mol. The van der Waals surface area contributed by atoms with Crippen molar-refractivity contribution in [3.63, 3.8) is 0 Å². The molecule has 8 nitrogen and oxygen atoms in total. The molecule has 0 atom stereocenters. The number of aliphatic hydroxyl groups excluding tert-OH is 1. The fourth-order valence-corrected chi connectivity index (χ4v) is 4.04. The SMILES string of the molecule is O=C(NC1(C(=O)NCCN2CCN(CCO)CC2)CC1)c1csc(Br)n1. The molecule has 3 N–H and O–H groups in total. The van der Waals surface area contributed by atoms with Gasteiger partial charge in [-0.3, -0.25) is 19.4 Å². The predicted octanol–water partition coefficient (Wildman–Crippen LogP) is -0.106. The van der Waals surface area contributed by atoms with Gasteiger partial charge in [-0.2, -0.15) is 0 Å². The summed E-state index contributed by atoms with van der Waals surface area (Å²) in [5, 5.41) is 16.4. The zero-order chi connectivity index (χ0) is 18.6. The molecule has 0 radical (unpaired) electrons. The molecule has 10 heteroatoms. The van der Waals surface area contributed by atoms with Crippen molar-refractivity contribution in [1.82, 2.24) is 25.4 Å². The highest BCUT2D eigenvalue weighted by atomic mass is 79.9. The molecule has 1 saturated heterocycles. The van der Waals surface area contributed by atoms with E-state index < -0.39 is 5.54 Å². The number of nitrogens with zero attached hydrogens (tertiary/aromatic N) is 3. The maximum absolute atomic E-state index is 12.5. The van der Waals surface area contributed by atoms with Crippen molar-refractivity contribution in [2.75, 3.05) is 52.4 Å². The van der Waals surface area contributed by atoms with Gasteiger partial charge in [0.2, 0.25) is 5.91 Å². The molecule has 2 fully saturated rings. The summed E-state index contributed by atoms with van der Waals surface area (Å²) in [7, 11) is 0. The highest BCUT2D eigenvalue weighted by Gasteiger charge is 2.51. The third-order valence-electron chi connectivity index (χ3n) is 4.84. The number of aromatic nitrogens is 1. The molecular formula is C16H24BrN5O3S. The largest absolute Gasteiger partial charge is 0.395 e. The second-order valence-electron chi connectivity index (χ2n) is 6.68. The van der Waals surface area contributed by atoms with E-state index in [9.17, 15) is 9.59 Å². The summed E-state index contributed by atoms with van der Waals surface area (Å²) in [5.41, 5.74) is -0.436. The molecule has 2 amide bonds. The van der Waals surface area contributed by atoms with E-state index in [1.807, 2.05) is 0 Å². The van der Waals surface area contributed by atoms with E-state index in [0.717, 1.165) is 39.3 Å². The first-order valence-corrected chi connectivity index (χ1v) is 10.5. The first kappa shape index (κ1) is 19.7. The Labute approximate surface area is 165 Å². The van der Waals surface area contributed by atoms with E-state index >= 15 is 0 Å². The summed E-state index contributed by atoms with van der Waals surface area (Å²) in [4.78, 5) is 33.3. The zero-order valence-electron chi connectivity index (χ0n) is 14.5. The molecule has 3 rings (SSSR count). The summed E-state index contributed by atoms with van der Waals surface area (Å²) in [6, 6.07) is 0. The van der Waals surface area contributed by atoms with E-state index in [4.69, 9.17) is 5.11 Å². The van der Waals surface area contributed by atoms with Crippen molar-refractivity contribution in [2.24, 2.45) is 0 Å². The molecule has 1 aliphatic carbocycles. The van der Waals surface area contributed by atoms with Crippen LogP contribution < -0.4 is 10.6 Å². The van der Waals surface area contributed by atoms with E-state index in [1.165, 1.54) is 11.3 Å². The Balaban J connectivity index is 1.39. The monoisotopic (exact) mass is 445 g/mol. The van der Waals surface area contributed by atoms with E-state index in [-0.39, 0.29) is 18.4 Å². The first-order valence-electron chi connectivity index (χ1n) is 8.80. The van der Waals surface area contributed by atoms with Gasteiger partial charge in [-0.1, -0.05) is 0 Å². The lowest BCUT2D eigenvalue weighted by Gasteiger charge is -2.34. The summed E-state index contributed by atoms with van der Waals surface area (Å²) in [5.74, 6) is -0.418. The molecule has 0 spiro atoms. The molecular weight excluding hydrogens is 422 g/mol. The van der Waals surface area contributed by atoms with Crippen LogP contribution in [0.5, 0.6) is 0 Å². The van der Waals surface area contributed by atoms with Gasteiger partial charge in [-0.25, -0.2) is 4.98 Å². The van der Waals surface area contributed by atoms with Gasteiger partial charge in [0, 0.05) is 51.2 Å². The normalized spacial score (nSPS) is 19.9. The van der Waals surface area contributed by atoms with Gasteiger partial charge in [0.1, 0.15) is 11.2 Å². The van der Waals surface area contributed by atoms with Crippen molar-refractivity contribution in [3.8, 4) is 0 Å². The smallest absolute Gasteiger partial charge is 0.271 e. The number of carbonyl (C=O) groups excluding carboxylic acids is 2. The van der Waals surface area contributed by atoms with Crippen LogP contribution in [0, 0.1) is 0 Å². The zero-order valence-corrected chi connectivity index (χ0v) is 16.9. The molecule has 1 aromatic rings. The van der Waals surface area contributed by atoms with E-state index in [1.54, 1.807) is 5.38 Å². The minimum absolute atomic E-state index is 0.112. The van der Waals surface area contributed by atoms with Gasteiger partial charge in [0.25, 0.3) is 5.91 Å². The van der Waals surface area contributed by atoms with Gasteiger partial charge >= 0.3 is 0 Å². The van der Waals surface area contributed by atoms with Gasteiger partial charge in [0.05, 0.1) is 6.61 Å². The second kappa shape index (κ2) is 8.75. The minimum atomic E-state index is -0.771. The maximum Gasteiger partial charge on any atom is 0.271 e. The number of thiazole rings is 1. The van der Waals surface area contributed by atoms with Crippen LogP contribution >= 0.6 is 27.3 Å². The van der Waals surface area contributed by atoms with Gasteiger partial charge in [-0.05, 0) is 28.8 Å². The summed E-state index contributed by atoms with van der Waals surface area (Å²) < 4.78 is 0.649. The number of amides is 2. The van der Waals surface area contributed by atoms with Crippen molar-refractivity contribution in [1.29, 1.82) is 0 Å². The Morgan fingerprint density at radius 3 is 2.42 bits per heavy atom. The average molecular weight is 446 g/mol. The van der Waals surface area contributed by atoms with Gasteiger partial charge in [-0.15, -0.1) is 11.3 Å². The van der Waals surface area contributed by atoms with Crippen LogP contribution in [-0.4, -0.2) is 89.7 Å². The lowest BCUT2D eigenvalue weighted by Crippen LogP contribution is -2.52. The van der Waals surface area contributed by atoms with E-state index in [2.05, 4.69) is 41.3 Å². The summed E-state index contributed by atoms with van der Waals surface area (Å²) >= 11 is 4.58. The molecule has 2 heterocycles. The average Bonchev–Trinajstić information content (AvgIpc) is 3.28. The molecule has 0 bridgehead atoms. The quantitative estimate of drug-likeness (QED) is 0.516. The van der Waals surface area contributed by atoms with Crippen molar-refractivity contribution in [3.05, 3.63) is 15.0 Å². The number of β-amino-alcohol motifs (C(OH)–C–C–N with tert-alkyl or cyclic N) is 1. The molecule has 144 valence electrons. The Kier molecular flexibility index (Phi) is 6.62. The minimum Gasteiger partial charge on any atom is -0.395 e. The molecule has 1 saturated carbocycles. The molecule has 1 aromatic heterocycles. The highest BCUT2D eigenvalue weighted by Crippen LogP contribution is 2.36. The van der Waals surface area contributed by atoms with Crippen LogP contribution in [0.3, 0.4) is 0 Å². The number of piperazine rings is 1. The van der Waals surface area contributed by atoms with Crippen LogP contribution in [0.15, 0.2) is 9.30 Å². The van der Waals surface area contributed by atoms with Crippen LogP contribution in [0.4, 0.5) is 0 Å². The second-order valence-corrected chi connectivity index (χ2v) is 8.82. The van der Waals surface area contributed by atoms with Gasteiger partial charge < -0.3 is 15.7 Å². The van der Waals surface area contributed by atoms with Crippen molar-refractivity contribution >= 4 is 39.1 Å². The highest BCUT2D eigenvalue weighted by molar-refractivity contribution is 9.11. The lowest BCUT2D eigenvalue weighted by molar-refractivity contribution is -0.124. The number of hydrogen-bond donors (Lipinski definition) is 3. The van der Waals surface area contributed by atoms with Crippen LogP contribution in [0.25, 0.3) is 0 Å². The van der Waals surface area contributed by atoms with Crippen molar-refractivity contribution < 1.29 is 14.7 Å². The molecule has 26 heavy (non-hydrogen) atoms. The molecule has 1 aliphatic heterocycles. The van der Waals surface area contributed by atoms with Crippen LogP contribution in [0.1, 0.15) is 23.3 Å². The van der Waals surface area contributed by atoms with Crippen LogP contribution in [-0.2, 0) is 4.79 Å². The number of hydrogen-bond acceptors (Lipinski definition) is 7. The number of nitrogens with one attached hydrogen (secondary N) is 2. The Hall–Kier alpha value is -1.07. The van der Waals surface area contributed by atoms with Gasteiger partial charge in [0.15, 0.2) is 3.92 Å². The number of rotatable bonds is 8. The summed E-state index contributed by atoms with van der Waals surface area (Å²) in [6.07, 6.45) is 1.32. The number of aliphatic hydroxyl groups is 1. The third-order valence-corrected chi connectivity index (χ3v) is 6.21. The Morgan fingerprint density at radius 1 is 1.23 bits per heavy atom. The van der Waals surface area contributed by atoms with E-state index in [0.29, 0.717) is 29.0 Å². The topological polar surface area (TPSA) is 97.8 Å². The first-order chi connectivity index (χ1) is 12.5. The fraction of sp³-hybridized carbons (Fsp3) is 0.688. The molecule has 0 aromatic carbocycles.